The van der Waals surface area contributed by atoms with Gasteiger partial charge in [0.2, 0.25) is 0 Å². The number of fused-ring (bicyclic) bond motifs is 1. The SMILES string of the molecule is OC1CCCN(Cc2cn(-c3ccc4ncnc(Nc5ccc(OCc6cccc(F)c6)c(Cl)c5)c4c3)nn2)C1. The van der Waals surface area contributed by atoms with E-state index < -0.39 is 0 Å². The lowest BCUT2D eigenvalue weighted by atomic mass is 10.1. The summed E-state index contributed by atoms with van der Waals surface area (Å²) in [6.07, 6.45) is 4.95. The highest BCUT2D eigenvalue weighted by molar-refractivity contribution is 6.32. The average molecular weight is 560 g/mol. The van der Waals surface area contributed by atoms with Crippen LogP contribution >= 0.6 is 11.6 Å². The summed E-state index contributed by atoms with van der Waals surface area (Å²) in [4.78, 5) is 11.1. The van der Waals surface area contributed by atoms with Gasteiger partial charge in [-0.05, 0) is 73.5 Å². The molecule has 0 amide bonds. The van der Waals surface area contributed by atoms with Gasteiger partial charge in [-0.25, -0.2) is 19.0 Å². The molecule has 0 radical (unpaired) electrons. The van der Waals surface area contributed by atoms with Gasteiger partial charge in [-0.15, -0.1) is 5.10 Å². The molecule has 1 aliphatic heterocycles. The first-order valence-electron chi connectivity index (χ1n) is 13.0. The molecule has 3 aromatic carbocycles. The Kier molecular flexibility index (Phi) is 7.54. The zero-order valence-electron chi connectivity index (χ0n) is 21.5. The molecule has 2 aromatic heterocycles. The molecule has 40 heavy (non-hydrogen) atoms. The first-order valence-corrected chi connectivity index (χ1v) is 13.4. The predicted molar refractivity (Wildman–Crippen MR) is 150 cm³/mol. The van der Waals surface area contributed by atoms with Crippen LogP contribution in [0.15, 0.2) is 73.2 Å². The maximum Gasteiger partial charge on any atom is 0.141 e. The summed E-state index contributed by atoms with van der Waals surface area (Å²) >= 11 is 6.49. The monoisotopic (exact) mass is 559 g/mol. The van der Waals surface area contributed by atoms with Gasteiger partial charge >= 0.3 is 0 Å². The molecule has 1 fully saturated rings. The summed E-state index contributed by atoms with van der Waals surface area (Å²) < 4.78 is 21.0. The lowest BCUT2D eigenvalue weighted by Crippen LogP contribution is -2.37. The van der Waals surface area contributed by atoms with Gasteiger partial charge in [-0.2, -0.15) is 0 Å². The lowest BCUT2D eigenvalue weighted by molar-refractivity contribution is 0.0662. The maximum atomic E-state index is 13.4. The van der Waals surface area contributed by atoms with E-state index >= 15 is 0 Å². The fourth-order valence-electron chi connectivity index (χ4n) is 4.81. The normalized spacial score (nSPS) is 15.8. The number of nitrogens with zero attached hydrogens (tertiary/aromatic N) is 6. The summed E-state index contributed by atoms with van der Waals surface area (Å²) in [6.45, 7) is 2.44. The second-order valence-electron chi connectivity index (χ2n) is 9.80. The van der Waals surface area contributed by atoms with Gasteiger partial charge in [0, 0.05) is 24.2 Å². The molecule has 0 bridgehead atoms. The molecule has 11 heteroatoms. The van der Waals surface area contributed by atoms with Gasteiger partial charge in [0.15, 0.2) is 0 Å². The number of halogens is 2. The van der Waals surface area contributed by atoms with E-state index in [0.717, 1.165) is 47.4 Å². The molecule has 3 heterocycles. The molecule has 0 spiro atoms. The average Bonchev–Trinajstić information content (AvgIpc) is 3.41. The Labute approximate surface area is 235 Å². The highest BCUT2D eigenvalue weighted by Gasteiger charge is 2.19. The van der Waals surface area contributed by atoms with Gasteiger partial charge in [-0.1, -0.05) is 28.9 Å². The number of rotatable bonds is 8. The van der Waals surface area contributed by atoms with Crippen LogP contribution in [0.2, 0.25) is 5.02 Å². The number of hydrogen-bond acceptors (Lipinski definition) is 8. The summed E-state index contributed by atoms with van der Waals surface area (Å²) in [7, 11) is 0. The number of β-amino-alcohol motifs (C(OH)–C–C–N with tert-alkyl or cyclic N) is 1. The molecule has 9 nitrogen and oxygen atoms in total. The van der Waals surface area contributed by atoms with E-state index in [-0.39, 0.29) is 18.5 Å². The van der Waals surface area contributed by atoms with Crippen LogP contribution in [0.3, 0.4) is 0 Å². The van der Waals surface area contributed by atoms with Crippen molar-refractivity contribution in [3.63, 3.8) is 0 Å². The van der Waals surface area contributed by atoms with Crippen molar-refractivity contribution >= 4 is 34.0 Å². The van der Waals surface area contributed by atoms with Crippen molar-refractivity contribution in [3.05, 3.63) is 95.3 Å². The molecule has 1 atom stereocenters. The second kappa shape index (κ2) is 11.5. The van der Waals surface area contributed by atoms with E-state index in [9.17, 15) is 9.50 Å². The second-order valence-corrected chi connectivity index (χ2v) is 10.2. The largest absolute Gasteiger partial charge is 0.487 e. The van der Waals surface area contributed by atoms with Crippen molar-refractivity contribution in [3.8, 4) is 11.4 Å². The van der Waals surface area contributed by atoms with Crippen LogP contribution < -0.4 is 10.1 Å². The smallest absolute Gasteiger partial charge is 0.141 e. The Hall–Kier alpha value is -4.12. The predicted octanol–water partition coefficient (Wildman–Crippen LogP) is 5.28. The van der Waals surface area contributed by atoms with Gasteiger partial charge in [0.1, 0.15) is 30.3 Å². The number of anilines is 2. The highest BCUT2D eigenvalue weighted by atomic mass is 35.5. The third-order valence-corrected chi connectivity index (χ3v) is 7.06. The number of aliphatic hydroxyl groups is 1. The number of likely N-dealkylation sites (tertiary alicyclic amines) is 1. The van der Waals surface area contributed by atoms with Crippen molar-refractivity contribution < 1.29 is 14.2 Å². The summed E-state index contributed by atoms with van der Waals surface area (Å²) in [5.74, 6) is 0.792. The van der Waals surface area contributed by atoms with Gasteiger partial charge in [0.25, 0.3) is 0 Å². The van der Waals surface area contributed by atoms with Crippen molar-refractivity contribution in [2.45, 2.75) is 32.1 Å². The molecule has 1 aliphatic rings. The number of ether oxygens (including phenoxy) is 1. The Morgan fingerprint density at radius 3 is 2.88 bits per heavy atom. The fraction of sp³-hybridized carbons (Fsp3) is 0.241. The minimum absolute atomic E-state index is 0.202. The maximum absolute atomic E-state index is 13.4. The Morgan fingerprint density at radius 2 is 2.02 bits per heavy atom. The molecular weight excluding hydrogens is 533 g/mol. The van der Waals surface area contributed by atoms with Crippen LogP contribution in [-0.2, 0) is 13.2 Å². The van der Waals surface area contributed by atoms with E-state index in [1.165, 1.54) is 18.5 Å². The number of benzene rings is 3. The summed E-state index contributed by atoms with van der Waals surface area (Å²) in [5, 5.41) is 23.1. The first-order chi connectivity index (χ1) is 19.5. The van der Waals surface area contributed by atoms with Crippen LogP contribution in [0.5, 0.6) is 5.75 Å². The van der Waals surface area contributed by atoms with E-state index in [4.69, 9.17) is 16.3 Å². The topological polar surface area (TPSA) is 101 Å². The molecule has 5 aromatic rings. The Balaban J connectivity index is 1.18. The zero-order chi connectivity index (χ0) is 27.5. The third-order valence-electron chi connectivity index (χ3n) is 6.77. The molecular formula is C29H27ClFN7O2. The molecule has 1 saturated heterocycles. The van der Waals surface area contributed by atoms with E-state index in [0.29, 0.717) is 35.2 Å². The van der Waals surface area contributed by atoms with Crippen molar-refractivity contribution in [1.29, 1.82) is 0 Å². The van der Waals surface area contributed by atoms with Gasteiger partial charge in [0.05, 0.1) is 34.2 Å². The minimum Gasteiger partial charge on any atom is -0.487 e. The van der Waals surface area contributed by atoms with E-state index in [2.05, 4.69) is 30.5 Å². The number of hydrogen-bond donors (Lipinski definition) is 2. The molecule has 0 saturated carbocycles. The van der Waals surface area contributed by atoms with Crippen molar-refractivity contribution in [2.24, 2.45) is 0 Å². The number of aliphatic hydroxyl groups excluding tert-OH is 1. The third kappa shape index (κ3) is 6.04. The van der Waals surface area contributed by atoms with Crippen LogP contribution in [0.4, 0.5) is 15.9 Å². The molecule has 204 valence electrons. The van der Waals surface area contributed by atoms with Gasteiger partial charge < -0.3 is 15.2 Å². The molecule has 1 unspecified atom stereocenters. The Bertz CT molecular complexity index is 1650. The summed E-state index contributed by atoms with van der Waals surface area (Å²) in [5.41, 5.74) is 3.87. The zero-order valence-corrected chi connectivity index (χ0v) is 22.3. The first kappa shape index (κ1) is 26.1. The number of aromatic nitrogens is 5. The Morgan fingerprint density at radius 1 is 1.10 bits per heavy atom. The van der Waals surface area contributed by atoms with Gasteiger partial charge in [-0.3, -0.25) is 4.90 Å². The highest BCUT2D eigenvalue weighted by Crippen LogP contribution is 2.31. The fourth-order valence-corrected chi connectivity index (χ4v) is 5.04. The molecule has 2 N–H and O–H groups in total. The number of piperidine rings is 1. The van der Waals surface area contributed by atoms with Crippen LogP contribution in [-0.4, -0.2) is 54.2 Å². The quantitative estimate of drug-likeness (QED) is 0.265. The lowest BCUT2D eigenvalue weighted by Gasteiger charge is -2.28. The molecule has 6 rings (SSSR count). The van der Waals surface area contributed by atoms with Crippen molar-refractivity contribution in [2.75, 3.05) is 18.4 Å². The minimum atomic E-state index is -0.311. The molecule has 0 aliphatic carbocycles. The standard InChI is InChI=1S/C29H27ClFN7O2/c30-26-12-21(6-9-28(26)40-17-19-3-1-4-20(31)11-19)34-29-25-13-23(7-8-27(25)32-18-33-29)38-15-22(35-36-38)14-37-10-2-5-24(39)16-37/h1,3-4,6-9,11-13,15,18,24,39H,2,5,10,14,16-17H2,(H,32,33,34). The van der Waals surface area contributed by atoms with Crippen LogP contribution in [0.1, 0.15) is 24.1 Å². The van der Waals surface area contributed by atoms with Crippen LogP contribution in [0, 0.1) is 5.82 Å². The van der Waals surface area contributed by atoms with Crippen molar-refractivity contribution in [1.82, 2.24) is 29.9 Å². The number of nitrogens with one attached hydrogen (secondary N) is 1. The van der Waals surface area contributed by atoms with E-state index in [1.807, 2.05) is 30.5 Å². The van der Waals surface area contributed by atoms with E-state index in [1.54, 1.807) is 28.9 Å². The van der Waals surface area contributed by atoms with Crippen LogP contribution in [0.25, 0.3) is 16.6 Å². The summed E-state index contributed by atoms with van der Waals surface area (Å²) in [6, 6.07) is 17.4.